The van der Waals surface area contributed by atoms with Gasteiger partial charge < -0.3 is 15.3 Å². The van der Waals surface area contributed by atoms with Gasteiger partial charge in [-0.05, 0) is 60.1 Å². The van der Waals surface area contributed by atoms with E-state index in [0.717, 1.165) is 25.7 Å². The first-order valence-electron chi connectivity index (χ1n) is 9.35. The second-order valence-electron chi connectivity index (χ2n) is 7.62. The van der Waals surface area contributed by atoms with Crippen LogP contribution in [0.15, 0.2) is 22.8 Å². The lowest BCUT2D eigenvalue weighted by Crippen LogP contribution is -2.49. The molecule has 3 rings (SSSR count). The summed E-state index contributed by atoms with van der Waals surface area (Å²) in [6.07, 6.45) is 3.40. The highest BCUT2D eigenvalue weighted by atomic mass is 35.5. The SMILES string of the molecule is CC(C)[C@H](NC1CCC(N(C)C(=O)c2ccc3nonc3c2)CC1)C(=O)O.Cl. The molecule has 1 fully saturated rings. The van der Waals surface area contributed by atoms with E-state index >= 15 is 0 Å². The van der Waals surface area contributed by atoms with Crippen LogP contribution in [0.2, 0.25) is 0 Å². The van der Waals surface area contributed by atoms with E-state index in [4.69, 9.17) is 0 Å². The molecule has 1 aromatic heterocycles. The fraction of sp³-hybridized carbons (Fsp3) is 0.579. The van der Waals surface area contributed by atoms with Crippen LogP contribution < -0.4 is 5.32 Å². The topological polar surface area (TPSA) is 109 Å². The number of nitrogens with one attached hydrogen (secondary N) is 1. The average Bonchev–Trinajstić information content (AvgIpc) is 3.12. The number of amides is 1. The minimum Gasteiger partial charge on any atom is -0.480 e. The van der Waals surface area contributed by atoms with Crippen molar-refractivity contribution in [2.45, 2.75) is 57.7 Å². The van der Waals surface area contributed by atoms with Gasteiger partial charge >= 0.3 is 5.97 Å². The molecule has 0 saturated heterocycles. The molecule has 1 aliphatic carbocycles. The zero-order chi connectivity index (χ0) is 19.6. The number of halogens is 1. The average molecular weight is 411 g/mol. The molecule has 2 N–H and O–H groups in total. The van der Waals surface area contributed by atoms with E-state index in [9.17, 15) is 14.7 Å². The van der Waals surface area contributed by atoms with Gasteiger partial charge in [0.15, 0.2) is 0 Å². The Morgan fingerprint density at radius 3 is 2.43 bits per heavy atom. The third-order valence-corrected chi connectivity index (χ3v) is 5.41. The number of benzene rings is 1. The molecule has 1 aliphatic rings. The molecule has 9 heteroatoms. The molecular weight excluding hydrogens is 384 g/mol. The predicted molar refractivity (Wildman–Crippen MR) is 107 cm³/mol. The molecule has 1 heterocycles. The van der Waals surface area contributed by atoms with Crippen LogP contribution in [0.4, 0.5) is 0 Å². The first-order chi connectivity index (χ1) is 12.9. The second-order valence-corrected chi connectivity index (χ2v) is 7.62. The summed E-state index contributed by atoms with van der Waals surface area (Å²) < 4.78 is 4.68. The van der Waals surface area contributed by atoms with Crippen molar-refractivity contribution in [3.05, 3.63) is 23.8 Å². The van der Waals surface area contributed by atoms with Crippen molar-refractivity contribution in [2.24, 2.45) is 5.92 Å². The summed E-state index contributed by atoms with van der Waals surface area (Å²) in [5.74, 6) is -0.829. The maximum atomic E-state index is 12.8. The quantitative estimate of drug-likeness (QED) is 0.753. The first-order valence-corrected chi connectivity index (χ1v) is 9.35. The van der Waals surface area contributed by atoms with Crippen LogP contribution in [0, 0.1) is 5.92 Å². The lowest BCUT2D eigenvalue weighted by Gasteiger charge is -2.36. The van der Waals surface area contributed by atoms with Crippen molar-refractivity contribution >= 4 is 35.3 Å². The maximum absolute atomic E-state index is 12.8. The number of hydrogen-bond acceptors (Lipinski definition) is 6. The van der Waals surface area contributed by atoms with Gasteiger partial charge in [0.1, 0.15) is 17.1 Å². The van der Waals surface area contributed by atoms with Crippen molar-refractivity contribution < 1.29 is 19.3 Å². The third-order valence-electron chi connectivity index (χ3n) is 5.41. The van der Waals surface area contributed by atoms with Gasteiger partial charge in [0.25, 0.3) is 5.91 Å². The largest absolute Gasteiger partial charge is 0.480 e. The Kier molecular flexibility index (Phi) is 7.37. The van der Waals surface area contributed by atoms with Crippen LogP contribution in [0.5, 0.6) is 0 Å². The minimum absolute atomic E-state index is 0. The Hall–Kier alpha value is -2.19. The van der Waals surface area contributed by atoms with Crippen LogP contribution in [0.25, 0.3) is 11.0 Å². The van der Waals surface area contributed by atoms with E-state index in [0.29, 0.717) is 16.6 Å². The van der Waals surface area contributed by atoms with Crippen molar-refractivity contribution in [1.82, 2.24) is 20.5 Å². The predicted octanol–water partition coefficient (Wildman–Crippen LogP) is 2.73. The molecule has 8 nitrogen and oxygen atoms in total. The van der Waals surface area contributed by atoms with Gasteiger partial charge in [-0.25, -0.2) is 4.63 Å². The Morgan fingerprint density at radius 2 is 1.82 bits per heavy atom. The van der Waals surface area contributed by atoms with Gasteiger partial charge in [-0.2, -0.15) is 0 Å². The molecule has 1 saturated carbocycles. The number of hydrogen-bond donors (Lipinski definition) is 2. The number of carbonyl (C=O) groups excluding carboxylic acids is 1. The molecule has 0 unspecified atom stereocenters. The van der Waals surface area contributed by atoms with E-state index in [1.807, 2.05) is 20.9 Å². The van der Waals surface area contributed by atoms with Crippen LogP contribution in [-0.4, -0.2) is 57.4 Å². The number of aliphatic carboxylic acids is 1. The van der Waals surface area contributed by atoms with Crippen molar-refractivity contribution in [3.8, 4) is 0 Å². The van der Waals surface area contributed by atoms with Gasteiger partial charge in [0.2, 0.25) is 0 Å². The number of carbonyl (C=O) groups is 2. The molecule has 154 valence electrons. The molecule has 2 aromatic rings. The Bertz CT molecular complexity index is 817. The number of carboxylic acid groups (broad SMARTS) is 1. The fourth-order valence-corrected chi connectivity index (χ4v) is 3.72. The van der Waals surface area contributed by atoms with Gasteiger partial charge in [0.05, 0.1) is 0 Å². The monoisotopic (exact) mass is 410 g/mol. The molecular formula is C19H27ClN4O4. The first kappa shape index (κ1) is 22.1. The summed E-state index contributed by atoms with van der Waals surface area (Å²) in [4.78, 5) is 26.0. The molecule has 1 amide bonds. The normalized spacial score (nSPS) is 20.6. The Morgan fingerprint density at radius 1 is 1.18 bits per heavy atom. The number of nitrogens with zero attached hydrogens (tertiary/aromatic N) is 3. The molecule has 0 bridgehead atoms. The number of carboxylic acids is 1. The molecule has 28 heavy (non-hydrogen) atoms. The van der Waals surface area contributed by atoms with Crippen LogP contribution in [0.3, 0.4) is 0 Å². The third kappa shape index (κ3) is 4.80. The van der Waals surface area contributed by atoms with Crippen molar-refractivity contribution in [3.63, 3.8) is 0 Å². The molecule has 1 atom stereocenters. The number of aromatic nitrogens is 2. The van der Waals surface area contributed by atoms with Crippen LogP contribution >= 0.6 is 12.4 Å². The number of fused-ring (bicyclic) bond motifs is 1. The highest BCUT2D eigenvalue weighted by Crippen LogP contribution is 2.25. The van der Waals surface area contributed by atoms with E-state index in [1.54, 1.807) is 23.1 Å². The van der Waals surface area contributed by atoms with Gasteiger partial charge in [-0.3, -0.25) is 9.59 Å². The Labute approximate surface area is 170 Å². The van der Waals surface area contributed by atoms with Crippen LogP contribution in [-0.2, 0) is 4.79 Å². The fourth-order valence-electron chi connectivity index (χ4n) is 3.72. The zero-order valence-electron chi connectivity index (χ0n) is 16.3. The standard InChI is InChI=1S/C19H26N4O4.ClH/c1-11(2)17(19(25)26)20-13-5-7-14(8-6-13)23(3)18(24)12-4-9-15-16(10-12)22-27-21-15;/h4,9-11,13-14,17,20H,5-8H2,1-3H3,(H,25,26);1H/t13?,14?,17-;/m0./s1. The lowest BCUT2D eigenvalue weighted by atomic mass is 9.89. The Balaban J connectivity index is 0.00000280. The molecule has 0 aliphatic heterocycles. The minimum atomic E-state index is -0.808. The maximum Gasteiger partial charge on any atom is 0.320 e. The van der Waals surface area contributed by atoms with Crippen LogP contribution in [0.1, 0.15) is 49.9 Å². The van der Waals surface area contributed by atoms with Gasteiger partial charge in [0, 0.05) is 24.7 Å². The lowest BCUT2D eigenvalue weighted by molar-refractivity contribution is -0.141. The summed E-state index contributed by atoms with van der Waals surface area (Å²) in [6.45, 7) is 3.82. The van der Waals surface area contributed by atoms with Crippen molar-refractivity contribution in [1.29, 1.82) is 0 Å². The van der Waals surface area contributed by atoms with E-state index in [2.05, 4.69) is 20.3 Å². The van der Waals surface area contributed by atoms with Crippen molar-refractivity contribution in [2.75, 3.05) is 7.05 Å². The molecule has 0 radical (unpaired) electrons. The smallest absolute Gasteiger partial charge is 0.320 e. The highest BCUT2D eigenvalue weighted by molar-refractivity contribution is 5.97. The van der Waals surface area contributed by atoms with Gasteiger partial charge in [-0.15, -0.1) is 12.4 Å². The zero-order valence-corrected chi connectivity index (χ0v) is 17.1. The summed E-state index contributed by atoms with van der Waals surface area (Å²) in [6, 6.07) is 4.94. The molecule has 0 spiro atoms. The van der Waals surface area contributed by atoms with E-state index in [-0.39, 0.29) is 36.3 Å². The summed E-state index contributed by atoms with van der Waals surface area (Å²) in [7, 11) is 1.82. The number of rotatable bonds is 6. The summed E-state index contributed by atoms with van der Waals surface area (Å²) >= 11 is 0. The second kappa shape index (κ2) is 9.34. The van der Waals surface area contributed by atoms with E-state index in [1.165, 1.54) is 0 Å². The van der Waals surface area contributed by atoms with E-state index < -0.39 is 12.0 Å². The highest BCUT2D eigenvalue weighted by Gasteiger charge is 2.30. The summed E-state index contributed by atoms with van der Waals surface area (Å²) in [5, 5.41) is 20.1. The summed E-state index contributed by atoms with van der Waals surface area (Å²) in [5.41, 5.74) is 1.75. The van der Waals surface area contributed by atoms with Gasteiger partial charge in [-0.1, -0.05) is 13.8 Å². The molecule has 1 aromatic carbocycles.